The van der Waals surface area contributed by atoms with Crippen molar-refractivity contribution in [2.24, 2.45) is 0 Å². The first-order valence-corrected chi connectivity index (χ1v) is 9.06. The Labute approximate surface area is 138 Å². The first kappa shape index (κ1) is 15.2. The van der Waals surface area contributed by atoms with E-state index in [1.807, 2.05) is 10.3 Å². The molecule has 1 unspecified atom stereocenters. The minimum atomic E-state index is -0.455. The number of aliphatic hydroxyl groups excluding tert-OH is 1. The second-order valence-electron chi connectivity index (χ2n) is 6.32. The fourth-order valence-electron chi connectivity index (χ4n) is 3.63. The molecule has 0 aliphatic carbocycles. The van der Waals surface area contributed by atoms with Gasteiger partial charge < -0.3 is 24.2 Å². The van der Waals surface area contributed by atoms with Gasteiger partial charge in [-0.1, -0.05) is 0 Å². The molecule has 0 aromatic carbocycles. The zero-order chi connectivity index (χ0) is 15.9. The van der Waals surface area contributed by atoms with Gasteiger partial charge >= 0.3 is 0 Å². The third kappa shape index (κ3) is 2.60. The summed E-state index contributed by atoms with van der Waals surface area (Å²) in [6.07, 6.45) is 2.65. The number of carbonyl (C=O) groups excluding carboxylic acids is 1. The van der Waals surface area contributed by atoms with Crippen LogP contribution in [0.25, 0.3) is 0 Å². The maximum atomic E-state index is 12.8. The number of rotatable bonds is 1. The molecule has 1 N–H and O–H groups in total. The van der Waals surface area contributed by atoms with E-state index in [0.717, 1.165) is 12.8 Å². The Balaban J connectivity index is 1.46. The number of thiophene rings is 1. The van der Waals surface area contributed by atoms with E-state index in [1.54, 1.807) is 0 Å². The summed E-state index contributed by atoms with van der Waals surface area (Å²) in [5, 5.41) is 12.1. The largest absolute Gasteiger partial charge is 0.485 e. The predicted octanol–water partition coefficient (Wildman–Crippen LogP) is 1.67. The maximum absolute atomic E-state index is 12.8. The second kappa shape index (κ2) is 5.96. The Morgan fingerprint density at radius 1 is 1.26 bits per heavy atom. The summed E-state index contributed by atoms with van der Waals surface area (Å²) < 4.78 is 17.0. The van der Waals surface area contributed by atoms with Gasteiger partial charge in [0, 0.05) is 25.1 Å². The van der Waals surface area contributed by atoms with Gasteiger partial charge in [0.25, 0.3) is 5.91 Å². The zero-order valence-electron chi connectivity index (χ0n) is 13.0. The van der Waals surface area contributed by atoms with E-state index in [9.17, 15) is 9.90 Å². The first-order valence-electron chi connectivity index (χ1n) is 8.18. The minimum Gasteiger partial charge on any atom is -0.485 e. The first-order chi connectivity index (χ1) is 11.2. The van der Waals surface area contributed by atoms with Crippen LogP contribution in [0.4, 0.5) is 0 Å². The lowest BCUT2D eigenvalue weighted by molar-refractivity contribution is -0.174. The van der Waals surface area contributed by atoms with E-state index in [0.29, 0.717) is 62.1 Å². The van der Waals surface area contributed by atoms with Crippen LogP contribution in [0.5, 0.6) is 11.5 Å². The highest BCUT2D eigenvalue weighted by Gasteiger charge is 2.44. The van der Waals surface area contributed by atoms with E-state index in [2.05, 4.69) is 0 Å². The molecule has 1 aromatic heterocycles. The molecule has 2 saturated heterocycles. The third-order valence-electron chi connectivity index (χ3n) is 5.01. The molecule has 7 heteroatoms. The van der Waals surface area contributed by atoms with Crippen molar-refractivity contribution in [3.05, 3.63) is 10.3 Å². The van der Waals surface area contributed by atoms with E-state index in [4.69, 9.17) is 14.2 Å². The van der Waals surface area contributed by atoms with Gasteiger partial charge in [-0.15, -0.1) is 11.3 Å². The average Bonchev–Trinajstić information content (AvgIpc) is 3.02. The van der Waals surface area contributed by atoms with Crippen molar-refractivity contribution in [2.75, 3.05) is 32.9 Å². The molecule has 1 amide bonds. The summed E-state index contributed by atoms with van der Waals surface area (Å²) >= 11 is 1.37. The topological polar surface area (TPSA) is 68.2 Å². The summed E-state index contributed by atoms with van der Waals surface area (Å²) in [5.41, 5.74) is -0.455. The van der Waals surface area contributed by atoms with Crippen molar-refractivity contribution in [3.63, 3.8) is 0 Å². The number of aliphatic hydroxyl groups is 1. The SMILES string of the molecule is O=C(c1scc2c1OCCO2)N1CCC2(CC1)OCCCC2O. The number of piperidine rings is 1. The number of likely N-dealkylation sites (tertiary alicyclic amines) is 1. The highest BCUT2D eigenvalue weighted by atomic mass is 32.1. The summed E-state index contributed by atoms with van der Waals surface area (Å²) in [4.78, 5) is 15.2. The van der Waals surface area contributed by atoms with Crippen LogP contribution in [0.15, 0.2) is 5.38 Å². The van der Waals surface area contributed by atoms with Gasteiger partial charge in [-0.2, -0.15) is 0 Å². The van der Waals surface area contributed by atoms with Gasteiger partial charge in [-0.25, -0.2) is 0 Å². The number of fused-ring (bicyclic) bond motifs is 1. The lowest BCUT2D eigenvalue weighted by Crippen LogP contribution is -2.56. The van der Waals surface area contributed by atoms with Crippen LogP contribution in [-0.2, 0) is 4.74 Å². The molecule has 1 aromatic rings. The number of amides is 1. The molecule has 0 radical (unpaired) electrons. The zero-order valence-corrected chi connectivity index (χ0v) is 13.8. The standard InChI is InChI=1S/C16H21NO5S/c18-12-2-1-7-22-16(12)3-5-17(6-4-16)15(19)14-13-11(10-23-14)20-8-9-21-13/h10,12,18H,1-9H2. The average molecular weight is 339 g/mol. The minimum absolute atomic E-state index is 0.0121. The molecule has 4 heterocycles. The third-order valence-corrected chi connectivity index (χ3v) is 5.94. The molecule has 126 valence electrons. The number of hydrogen-bond donors (Lipinski definition) is 1. The van der Waals surface area contributed by atoms with Crippen molar-refractivity contribution < 1.29 is 24.1 Å². The Kier molecular flexibility index (Phi) is 3.95. The van der Waals surface area contributed by atoms with Gasteiger partial charge in [0.2, 0.25) is 0 Å². The van der Waals surface area contributed by atoms with Gasteiger partial charge in [-0.05, 0) is 25.7 Å². The van der Waals surface area contributed by atoms with E-state index < -0.39 is 11.7 Å². The van der Waals surface area contributed by atoms with Crippen molar-refractivity contribution >= 4 is 17.2 Å². The van der Waals surface area contributed by atoms with Gasteiger partial charge in [-0.3, -0.25) is 4.79 Å². The molecule has 1 spiro atoms. The number of carbonyl (C=O) groups is 1. The highest BCUT2D eigenvalue weighted by molar-refractivity contribution is 7.12. The molecular weight excluding hydrogens is 318 g/mol. The number of ether oxygens (including phenoxy) is 3. The van der Waals surface area contributed by atoms with Crippen LogP contribution in [-0.4, -0.2) is 60.5 Å². The summed E-state index contributed by atoms with van der Waals surface area (Å²) in [5.74, 6) is 1.24. The maximum Gasteiger partial charge on any atom is 0.267 e. The Morgan fingerprint density at radius 3 is 2.83 bits per heavy atom. The van der Waals surface area contributed by atoms with E-state index in [-0.39, 0.29) is 5.91 Å². The lowest BCUT2D eigenvalue weighted by Gasteiger charge is -2.46. The fraction of sp³-hybridized carbons (Fsp3) is 0.688. The number of nitrogens with zero attached hydrogens (tertiary/aromatic N) is 1. The van der Waals surface area contributed by atoms with Crippen molar-refractivity contribution in [2.45, 2.75) is 37.4 Å². The van der Waals surface area contributed by atoms with Crippen LogP contribution >= 0.6 is 11.3 Å². The second-order valence-corrected chi connectivity index (χ2v) is 7.20. The molecular formula is C16H21NO5S. The molecule has 2 fully saturated rings. The number of hydrogen-bond acceptors (Lipinski definition) is 6. The van der Waals surface area contributed by atoms with Crippen molar-refractivity contribution in [1.82, 2.24) is 4.90 Å². The van der Waals surface area contributed by atoms with E-state index in [1.165, 1.54) is 11.3 Å². The fourth-order valence-corrected chi connectivity index (χ4v) is 4.53. The van der Waals surface area contributed by atoms with Gasteiger partial charge in [0.05, 0.1) is 11.7 Å². The smallest absolute Gasteiger partial charge is 0.267 e. The highest BCUT2D eigenvalue weighted by Crippen LogP contribution is 2.41. The Morgan fingerprint density at radius 2 is 2.04 bits per heavy atom. The summed E-state index contributed by atoms with van der Waals surface area (Å²) in [7, 11) is 0. The Bertz CT molecular complexity index is 593. The molecule has 23 heavy (non-hydrogen) atoms. The normalized spacial score (nSPS) is 26.3. The van der Waals surface area contributed by atoms with E-state index >= 15 is 0 Å². The molecule has 3 aliphatic rings. The van der Waals surface area contributed by atoms with Gasteiger partial charge in [0.1, 0.15) is 18.1 Å². The molecule has 3 aliphatic heterocycles. The summed E-state index contributed by atoms with van der Waals surface area (Å²) in [6.45, 7) is 2.91. The molecule has 1 atom stereocenters. The quantitative estimate of drug-likeness (QED) is 0.843. The van der Waals surface area contributed by atoms with Crippen LogP contribution in [0.3, 0.4) is 0 Å². The molecule has 6 nitrogen and oxygen atoms in total. The van der Waals surface area contributed by atoms with Crippen LogP contribution in [0.1, 0.15) is 35.4 Å². The molecule has 0 bridgehead atoms. The molecule has 4 rings (SSSR count). The summed E-state index contributed by atoms with van der Waals surface area (Å²) in [6, 6.07) is 0. The monoisotopic (exact) mass is 339 g/mol. The van der Waals surface area contributed by atoms with Crippen LogP contribution in [0.2, 0.25) is 0 Å². The van der Waals surface area contributed by atoms with Crippen LogP contribution in [0, 0.1) is 0 Å². The molecule has 0 saturated carbocycles. The van der Waals surface area contributed by atoms with Crippen LogP contribution < -0.4 is 9.47 Å². The van der Waals surface area contributed by atoms with Gasteiger partial charge in [0.15, 0.2) is 11.5 Å². The predicted molar refractivity (Wildman–Crippen MR) is 84.4 cm³/mol. The Hall–Kier alpha value is -1.31. The lowest BCUT2D eigenvalue weighted by atomic mass is 9.82. The van der Waals surface area contributed by atoms with Crippen molar-refractivity contribution in [3.8, 4) is 11.5 Å². The van der Waals surface area contributed by atoms with Crippen molar-refractivity contribution in [1.29, 1.82) is 0 Å².